The van der Waals surface area contributed by atoms with Crippen molar-refractivity contribution >= 4 is 17.5 Å². The maximum absolute atomic E-state index is 12.8. The molecule has 1 N–H and O–H groups in total. The zero-order valence-electron chi connectivity index (χ0n) is 16.0. The average Bonchev–Trinajstić information content (AvgIpc) is 2.69. The molecular formula is C21H28N4O. The number of aryl methyl sites for hydroxylation is 2. The van der Waals surface area contributed by atoms with Gasteiger partial charge in [-0.1, -0.05) is 32.0 Å². The molecule has 0 spiro atoms. The second-order valence-electron chi connectivity index (χ2n) is 6.91. The van der Waals surface area contributed by atoms with Crippen LogP contribution in [0.3, 0.4) is 0 Å². The van der Waals surface area contributed by atoms with Crippen LogP contribution >= 0.6 is 0 Å². The molecule has 1 fully saturated rings. The van der Waals surface area contributed by atoms with Crippen LogP contribution in [-0.4, -0.2) is 28.5 Å². The van der Waals surface area contributed by atoms with E-state index in [1.807, 2.05) is 25.1 Å². The molecule has 2 aromatic rings. The van der Waals surface area contributed by atoms with Gasteiger partial charge in [-0.05, 0) is 56.2 Å². The van der Waals surface area contributed by atoms with Crippen molar-refractivity contribution in [2.24, 2.45) is 0 Å². The number of anilines is 2. The van der Waals surface area contributed by atoms with Gasteiger partial charge in [0.15, 0.2) is 0 Å². The van der Waals surface area contributed by atoms with Gasteiger partial charge in [0, 0.05) is 24.5 Å². The topological polar surface area (TPSA) is 58.1 Å². The highest BCUT2D eigenvalue weighted by Crippen LogP contribution is 2.25. The highest BCUT2D eigenvalue weighted by molar-refractivity contribution is 6.03. The fourth-order valence-corrected chi connectivity index (χ4v) is 3.68. The minimum Gasteiger partial charge on any atom is -0.338 e. The maximum atomic E-state index is 12.8. The van der Waals surface area contributed by atoms with Crippen molar-refractivity contribution in [2.45, 2.75) is 58.9 Å². The maximum Gasteiger partial charge on any atom is 0.274 e. The summed E-state index contributed by atoms with van der Waals surface area (Å²) in [5, 5.41) is 3.05. The van der Waals surface area contributed by atoms with Crippen LogP contribution in [0.15, 0.2) is 30.5 Å². The molecule has 138 valence electrons. The Bertz CT molecular complexity index is 774. The molecule has 2 heterocycles. The molecule has 1 amide bonds. The second kappa shape index (κ2) is 8.30. The number of carbonyl (C=O) groups is 1. The molecule has 1 aromatic heterocycles. The Morgan fingerprint density at radius 2 is 2.12 bits per heavy atom. The third-order valence-corrected chi connectivity index (χ3v) is 5.21. The number of para-hydroxylation sites is 1. The van der Waals surface area contributed by atoms with Gasteiger partial charge in [0.1, 0.15) is 5.69 Å². The molecule has 0 saturated carbocycles. The SMILES string of the molecule is CCc1cccc(C)c1NC(=O)c1ccnc(N2CCCCC2CC)n1. The van der Waals surface area contributed by atoms with Gasteiger partial charge in [0.05, 0.1) is 0 Å². The predicted molar refractivity (Wildman–Crippen MR) is 106 cm³/mol. The predicted octanol–water partition coefficient (Wildman–Crippen LogP) is 4.37. The van der Waals surface area contributed by atoms with Crippen LogP contribution in [0.5, 0.6) is 0 Å². The Balaban J connectivity index is 1.83. The summed E-state index contributed by atoms with van der Waals surface area (Å²) in [5.41, 5.74) is 3.51. The van der Waals surface area contributed by atoms with Crippen LogP contribution in [0.4, 0.5) is 11.6 Å². The molecule has 1 aromatic carbocycles. The van der Waals surface area contributed by atoms with E-state index in [4.69, 9.17) is 0 Å². The number of nitrogens with zero attached hydrogens (tertiary/aromatic N) is 3. The monoisotopic (exact) mass is 352 g/mol. The summed E-state index contributed by atoms with van der Waals surface area (Å²) in [7, 11) is 0. The van der Waals surface area contributed by atoms with Gasteiger partial charge in [0.2, 0.25) is 5.95 Å². The quantitative estimate of drug-likeness (QED) is 0.868. The van der Waals surface area contributed by atoms with Crippen LogP contribution in [-0.2, 0) is 6.42 Å². The largest absolute Gasteiger partial charge is 0.338 e. The summed E-state index contributed by atoms with van der Waals surface area (Å²) in [6, 6.07) is 8.24. The van der Waals surface area contributed by atoms with Crippen LogP contribution in [0.25, 0.3) is 0 Å². The highest BCUT2D eigenvalue weighted by atomic mass is 16.1. The fraction of sp³-hybridized carbons (Fsp3) is 0.476. The van der Waals surface area contributed by atoms with Crippen molar-refractivity contribution in [3.05, 3.63) is 47.3 Å². The third-order valence-electron chi connectivity index (χ3n) is 5.21. The third kappa shape index (κ3) is 3.87. The lowest BCUT2D eigenvalue weighted by molar-refractivity contribution is 0.102. The van der Waals surface area contributed by atoms with E-state index in [2.05, 4.69) is 34.0 Å². The van der Waals surface area contributed by atoms with Crippen LogP contribution in [0.2, 0.25) is 0 Å². The van der Waals surface area contributed by atoms with Crippen LogP contribution in [0, 0.1) is 6.92 Å². The number of rotatable bonds is 5. The summed E-state index contributed by atoms with van der Waals surface area (Å²) in [4.78, 5) is 24.1. The van der Waals surface area contributed by atoms with E-state index >= 15 is 0 Å². The Labute approximate surface area is 155 Å². The first-order valence-corrected chi connectivity index (χ1v) is 9.63. The molecule has 1 unspecified atom stereocenters. The number of amides is 1. The highest BCUT2D eigenvalue weighted by Gasteiger charge is 2.24. The summed E-state index contributed by atoms with van der Waals surface area (Å²) < 4.78 is 0. The average molecular weight is 352 g/mol. The fourth-order valence-electron chi connectivity index (χ4n) is 3.68. The minimum atomic E-state index is -0.178. The van der Waals surface area contributed by atoms with Gasteiger partial charge < -0.3 is 10.2 Å². The Morgan fingerprint density at radius 3 is 2.88 bits per heavy atom. The summed E-state index contributed by atoms with van der Waals surface area (Å²) in [6.45, 7) is 7.26. The summed E-state index contributed by atoms with van der Waals surface area (Å²) >= 11 is 0. The van der Waals surface area contributed by atoms with Crippen LogP contribution in [0.1, 0.15) is 61.1 Å². The molecule has 5 heteroatoms. The number of benzene rings is 1. The van der Waals surface area contributed by atoms with Gasteiger partial charge in [-0.3, -0.25) is 4.79 Å². The lowest BCUT2D eigenvalue weighted by Crippen LogP contribution is -2.40. The van der Waals surface area contributed by atoms with Gasteiger partial charge in [-0.15, -0.1) is 0 Å². The minimum absolute atomic E-state index is 0.178. The lowest BCUT2D eigenvalue weighted by atomic mass is 10.0. The van der Waals surface area contributed by atoms with Gasteiger partial charge in [-0.2, -0.15) is 0 Å². The first-order chi connectivity index (χ1) is 12.6. The molecule has 0 aliphatic carbocycles. The molecule has 1 aliphatic heterocycles. The second-order valence-corrected chi connectivity index (χ2v) is 6.91. The first kappa shape index (κ1) is 18.4. The van der Waals surface area contributed by atoms with Crippen molar-refractivity contribution < 1.29 is 4.79 Å². The molecule has 0 radical (unpaired) electrons. The number of hydrogen-bond donors (Lipinski definition) is 1. The molecule has 3 rings (SSSR count). The van der Waals surface area contributed by atoms with E-state index in [0.717, 1.165) is 42.6 Å². The van der Waals surface area contributed by atoms with Crippen molar-refractivity contribution in [3.8, 4) is 0 Å². The van der Waals surface area contributed by atoms with E-state index in [-0.39, 0.29) is 5.91 Å². The number of carbonyl (C=O) groups excluding carboxylic acids is 1. The molecule has 1 aliphatic rings. The summed E-state index contributed by atoms with van der Waals surface area (Å²) in [6.07, 6.45) is 7.21. The zero-order chi connectivity index (χ0) is 18.5. The van der Waals surface area contributed by atoms with Crippen LogP contribution < -0.4 is 10.2 Å². The number of hydrogen-bond acceptors (Lipinski definition) is 4. The molecule has 1 saturated heterocycles. The number of nitrogens with one attached hydrogen (secondary N) is 1. The Hall–Kier alpha value is -2.43. The lowest BCUT2D eigenvalue weighted by Gasteiger charge is -2.35. The molecular weight excluding hydrogens is 324 g/mol. The smallest absolute Gasteiger partial charge is 0.274 e. The molecule has 1 atom stereocenters. The van der Waals surface area contributed by atoms with E-state index < -0.39 is 0 Å². The van der Waals surface area contributed by atoms with E-state index in [9.17, 15) is 4.79 Å². The standard InChI is InChI=1S/C21H28N4O/c1-4-16-10-8-9-15(3)19(16)24-20(26)18-12-13-22-21(23-18)25-14-7-6-11-17(25)5-2/h8-10,12-13,17H,4-7,11,14H2,1-3H3,(H,24,26). The summed E-state index contributed by atoms with van der Waals surface area (Å²) in [5.74, 6) is 0.493. The van der Waals surface area contributed by atoms with Crippen molar-refractivity contribution in [3.63, 3.8) is 0 Å². The van der Waals surface area contributed by atoms with Gasteiger partial charge in [0.25, 0.3) is 5.91 Å². The van der Waals surface area contributed by atoms with Crippen molar-refractivity contribution in [1.82, 2.24) is 9.97 Å². The molecule has 0 bridgehead atoms. The van der Waals surface area contributed by atoms with E-state index in [1.165, 1.54) is 12.8 Å². The van der Waals surface area contributed by atoms with Crippen molar-refractivity contribution in [2.75, 3.05) is 16.8 Å². The Kier molecular flexibility index (Phi) is 5.86. The van der Waals surface area contributed by atoms with Gasteiger partial charge in [-0.25, -0.2) is 9.97 Å². The normalized spacial score (nSPS) is 17.2. The zero-order valence-corrected chi connectivity index (χ0v) is 16.0. The van der Waals surface area contributed by atoms with Gasteiger partial charge >= 0.3 is 0 Å². The van der Waals surface area contributed by atoms with E-state index in [1.54, 1.807) is 12.3 Å². The Morgan fingerprint density at radius 1 is 1.27 bits per heavy atom. The van der Waals surface area contributed by atoms with E-state index in [0.29, 0.717) is 17.7 Å². The van der Waals surface area contributed by atoms with Crippen molar-refractivity contribution in [1.29, 1.82) is 0 Å². The molecule has 26 heavy (non-hydrogen) atoms. The number of aromatic nitrogens is 2. The number of piperidine rings is 1. The first-order valence-electron chi connectivity index (χ1n) is 9.63. The molecule has 5 nitrogen and oxygen atoms in total.